The van der Waals surface area contributed by atoms with Crippen molar-refractivity contribution in [3.63, 3.8) is 0 Å². The van der Waals surface area contributed by atoms with Gasteiger partial charge in [-0.2, -0.15) is 0 Å². The molecule has 0 aliphatic carbocycles. The highest BCUT2D eigenvalue weighted by Crippen LogP contribution is 2.17. The Hall–Kier alpha value is -2.89. The summed E-state index contributed by atoms with van der Waals surface area (Å²) in [6, 6.07) is 0. The monoisotopic (exact) mass is 1050 g/mol. The molecule has 1 unspecified atom stereocenters. The summed E-state index contributed by atoms with van der Waals surface area (Å²) in [4.78, 5) is 38.3. The maximum absolute atomic E-state index is 12.9. The van der Waals surface area contributed by atoms with Crippen molar-refractivity contribution in [2.45, 2.75) is 348 Å². The van der Waals surface area contributed by atoms with Gasteiger partial charge in [-0.25, -0.2) is 0 Å². The van der Waals surface area contributed by atoms with Crippen molar-refractivity contribution >= 4 is 17.9 Å². The van der Waals surface area contributed by atoms with Crippen LogP contribution >= 0.6 is 0 Å². The summed E-state index contributed by atoms with van der Waals surface area (Å²) in [5, 5.41) is 0. The maximum Gasteiger partial charge on any atom is 0.306 e. The Morgan fingerprint density at radius 2 is 0.520 bits per heavy atom. The number of allylic oxidation sites excluding steroid dienone is 10. The number of unbranched alkanes of at least 4 members (excludes halogenated alkanes) is 39. The molecule has 6 heteroatoms. The van der Waals surface area contributed by atoms with Crippen LogP contribution in [0.3, 0.4) is 0 Å². The van der Waals surface area contributed by atoms with E-state index < -0.39 is 6.10 Å². The zero-order valence-corrected chi connectivity index (χ0v) is 50.1. The molecule has 0 aromatic rings. The highest BCUT2D eigenvalue weighted by atomic mass is 16.6. The highest BCUT2D eigenvalue weighted by Gasteiger charge is 2.19. The lowest BCUT2D eigenvalue weighted by molar-refractivity contribution is -0.167. The van der Waals surface area contributed by atoms with Gasteiger partial charge in [0.05, 0.1) is 0 Å². The number of rotatable bonds is 60. The molecule has 0 fully saturated rings. The van der Waals surface area contributed by atoms with Crippen molar-refractivity contribution in [3.05, 3.63) is 60.8 Å². The second-order valence-corrected chi connectivity index (χ2v) is 22.0. The smallest absolute Gasteiger partial charge is 0.306 e. The Morgan fingerprint density at radius 1 is 0.280 bits per heavy atom. The second-order valence-electron chi connectivity index (χ2n) is 22.0. The summed E-state index contributed by atoms with van der Waals surface area (Å²) in [6.07, 6.45) is 81.0. The first-order valence-electron chi connectivity index (χ1n) is 32.8. The lowest BCUT2D eigenvalue weighted by Gasteiger charge is -2.18. The Bertz CT molecular complexity index is 1340. The first-order valence-corrected chi connectivity index (χ1v) is 32.8. The Labute approximate surface area is 466 Å². The Morgan fingerprint density at radius 3 is 0.853 bits per heavy atom. The molecule has 1 atom stereocenters. The number of hydrogen-bond acceptors (Lipinski definition) is 6. The van der Waals surface area contributed by atoms with Crippen LogP contribution in [0.5, 0.6) is 0 Å². The van der Waals surface area contributed by atoms with Crippen molar-refractivity contribution in [3.8, 4) is 0 Å². The normalized spacial score (nSPS) is 12.4. The van der Waals surface area contributed by atoms with E-state index in [0.717, 1.165) is 83.5 Å². The van der Waals surface area contributed by atoms with Crippen LogP contribution in [-0.2, 0) is 28.6 Å². The zero-order valence-electron chi connectivity index (χ0n) is 50.1. The van der Waals surface area contributed by atoms with Crippen LogP contribution in [0.2, 0.25) is 0 Å². The molecule has 0 bridgehead atoms. The lowest BCUT2D eigenvalue weighted by Crippen LogP contribution is -2.30. The molecular weight excluding hydrogens is 925 g/mol. The van der Waals surface area contributed by atoms with Crippen molar-refractivity contribution in [2.75, 3.05) is 13.2 Å². The predicted octanol–water partition coefficient (Wildman–Crippen LogP) is 22.3. The number of esters is 3. The van der Waals surface area contributed by atoms with Gasteiger partial charge in [-0.3, -0.25) is 14.4 Å². The largest absolute Gasteiger partial charge is 0.462 e. The molecule has 6 nitrogen and oxygen atoms in total. The van der Waals surface area contributed by atoms with E-state index in [0.29, 0.717) is 19.3 Å². The first-order chi connectivity index (χ1) is 37.0. The number of carbonyl (C=O) groups excluding carboxylic acids is 3. The van der Waals surface area contributed by atoms with E-state index in [4.69, 9.17) is 14.2 Å². The fourth-order valence-corrected chi connectivity index (χ4v) is 9.61. The maximum atomic E-state index is 12.9. The third-order valence-electron chi connectivity index (χ3n) is 14.5. The molecule has 0 saturated carbocycles. The fourth-order valence-electron chi connectivity index (χ4n) is 9.61. The van der Waals surface area contributed by atoms with Crippen molar-refractivity contribution in [2.24, 2.45) is 0 Å². The molecule has 436 valence electrons. The average Bonchev–Trinajstić information content (AvgIpc) is 3.41. The van der Waals surface area contributed by atoms with Crippen molar-refractivity contribution in [1.82, 2.24) is 0 Å². The second kappa shape index (κ2) is 63.6. The molecule has 0 saturated heterocycles. The van der Waals surface area contributed by atoms with Gasteiger partial charge < -0.3 is 14.2 Å². The van der Waals surface area contributed by atoms with Gasteiger partial charge in [-0.15, -0.1) is 0 Å². The molecule has 75 heavy (non-hydrogen) atoms. The summed E-state index contributed by atoms with van der Waals surface area (Å²) in [5.41, 5.74) is 0. The van der Waals surface area contributed by atoms with E-state index >= 15 is 0 Å². The van der Waals surface area contributed by atoms with Gasteiger partial charge in [0.2, 0.25) is 0 Å². The molecule has 0 N–H and O–H groups in total. The van der Waals surface area contributed by atoms with Crippen LogP contribution in [-0.4, -0.2) is 37.2 Å². The molecule has 0 aromatic carbocycles. The summed E-state index contributed by atoms with van der Waals surface area (Å²) < 4.78 is 16.9. The lowest BCUT2D eigenvalue weighted by atomic mass is 10.0. The third-order valence-corrected chi connectivity index (χ3v) is 14.5. The highest BCUT2D eigenvalue weighted by molar-refractivity contribution is 5.71. The van der Waals surface area contributed by atoms with Crippen LogP contribution in [0, 0.1) is 0 Å². The minimum atomic E-state index is -0.790. The van der Waals surface area contributed by atoms with Crippen molar-refractivity contribution < 1.29 is 28.6 Å². The van der Waals surface area contributed by atoms with Gasteiger partial charge in [0, 0.05) is 19.3 Å². The molecule has 0 aromatic heterocycles. The fraction of sp³-hybridized carbons (Fsp3) is 0.812. The summed E-state index contributed by atoms with van der Waals surface area (Å²) in [6.45, 7) is 6.54. The van der Waals surface area contributed by atoms with Gasteiger partial charge in [-0.05, 0) is 83.5 Å². The van der Waals surface area contributed by atoms with Gasteiger partial charge in [0.1, 0.15) is 13.2 Å². The molecule has 0 amide bonds. The topological polar surface area (TPSA) is 78.9 Å². The average molecular weight is 1050 g/mol. The SMILES string of the molecule is CC/C=C\C/C=C\C/C=C\C/C=C\CCCCC(=O)OCC(COC(=O)CCCCCCCCCCCCC/C=C\CCCCCCCCCC)OC(=O)CCCCCCCCCCCCCCCCCCCCC. The van der Waals surface area contributed by atoms with Crippen LogP contribution < -0.4 is 0 Å². The molecule has 0 aliphatic rings. The summed E-state index contributed by atoms with van der Waals surface area (Å²) in [7, 11) is 0. The minimum absolute atomic E-state index is 0.0844. The van der Waals surface area contributed by atoms with Crippen LogP contribution in [0.1, 0.15) is 342 Å². The molecule has 0 heterocycles. The number of hydrogen-bond donors (Lipinski definition) is 0. The van der Waals surface area contributed by atoms with Gasteiger partial charge in [0.25, 0.3) is 0 Å². The van der Waals surface area contributed by atoms with E-state index in [1.165, 1.54) is 218 Å². The first kappa shape index (κ1) is 72.1. The van der Waals surface area contributed by atoms with Gasteiger partial charge >= 0.3 is 17.9 Å². The quantitative estimate of drug-likeness (QED) is 0.0261. The number of carbonyl (C=O) groups is 3. The van der Waals surface area contributed by atoms with E-state index in [1.807, 2.05) is 0 Å². The number of ether oxygens (including phenoxy) is 3. The molecule has 0 rings (SSSR count). The minimum Gasteiger partial charge on any atom is -0.462 e. The predicted molar refractivity (Wildman–Crippen MR) is 325 cm³/mol. The Kier molecular flexibility index (Phi) is 61.2. The molecule has 0 aliphatic heterocycles. The standard InChI is InChI=1S/C69H124O6/c1-4-7-10-13-16-19-22-25-28-30-32-33-34-35-37-38-41-44-47-50-53-56-59-62-68(71)74-65-66(64-73-67(70)61-58-55-52-49-46-43-40-27-24-21-18-15-12-9-6-3)75-69(72)63-60-57-54-51-48-45-42-39-36-31-29-26-23-20-17-14-11-8-5-2/h9,12,18,21,27,30,32,40,46,49,66H,4-8,10-11,13-17,19-20,22-26,28-29,31,33-39,41-45,47-48,50-65H2,1-3H3/b12-9-,21-18-,32-30-,40-27-,49-46-. The zero-order chi connectivity index (χ0) is 54.3. The van der Waals surface area contributed by atoms with Crippen LogP contribution in [0.4, 0.5) is 0 Å². The van der Waals surface area contributed by atoms with Crippen molar-refractivity contribution in [1.29, 1.82) is 0 Å². The van der Waals surface area contributed by atoms with Gasteiger partial charge in [-0.1, -0.05) is 300 Å². The molecular formula is C69H124O6. The molecule has 0 radical (unpaired) electrons. The van der Waals surface area contributed by atoms with Crippen LogP contribution in [0.15, 0.2) is 60.8 Å². The van der Waals surface area contributed by atoms with E-state index in [1.54, 1.807) is 0 Å². The van der Waals surface area contributed by atoms with E-state index in [2.05, 4.69) is 81.5 Å². The van der Waals surface area contributed by atoms with E-state index in [9.17, 15) is 14.4 Å². The molecule has 0 spiro atoms. The van der Waals surface area contributed by atoms with Crippen LogP contribution in [0.25, 0.3) is 0 Å². The van der Waals surface area contributed by atoms with E-state index in [-0.39, 0.29) is 31.1 Å². The van der Waals surface area contributed by atoms with Gasteiger partial charge in [0.15, 0.2) is 6.10 Å². The summed E-state index contributed by atoms with van der Waals surface area (Å²) in [5.74, 6) is -0.908. The summed E-state index contributed by atoms with van der Waals surface area (Å²) >= 11 is 0. The third kappa shape index (κ3) is 61.8. The Balaban J connectivity index is 4.34.